The summed E-state index contributed by atoms with van der Waals surface area (Å²) < 4.78 is 4.96. The minimum atomic E-state index is -0.109. The normalized spacial score (nSPS) is 12.3. The standard InChI is InChI=1S/C13H24O2/c1-7-12(3,4)10-13(5,6)9-11(14)15-8-2/h7H,1,8-10H2,2-6H3. The van der Waals surface area contributed by atoms with E-state index in [2.05, 4.69) is 34.3 Å². The summed E-state index contributed by atoms with van der Waals surface area (Å²) in [6.07, 6.45) is 3.35. The highest BCUT2D eigenvalue weighted by atomic mass is 16.5. The zero-order valence-electron chi connectivity index (χ0n) is 10.7. The second-order valence-electron chi connectivity index (χ2n) is 5.52. The molecule has 0 aromatic rings. The highest BCUT2D eigenvalue weighted by molar-refractivity contribution is 5.70. The third kappa shape index (κ3) is 6.32. The highest BCUT2D eigenvalue weighted by Crippen LogP contribution is 2.36. The SMILES string of the molecule is C=CC(C)(C)CC(C)(C)CC(=O)OCC. The van der Waals surface area contributed by atoms with Crippen LogP contribution in [-0.2, 0) is 9.53 Å². The van der Waals surface area contributed by atoms with Crippen molar-refractivity contribution in [3.05, 3.63) is 12.7 Å². The molecule has 88 valence electrons. The van der Waals surface area contributed by atoms with Crippen LogP contribution in [0.3, 0.4) is 0 Å². The van der Waals surface area contributed by atoms with Gasteiger partial charge in [-0.15, -0.1) is 6.58 Å². The van der Waals surface area contributed by atoms with Gasteiger partial charge in [0.05, 0.1) is 13.0 Å². The van der Waals surface area contributed by atoms with Crippen LogP contribution in [-0.4, -0.2) is 12.6 Å². The van der Waals surface area contributed by atoms with Gasteiger partial charge in [-0.05, 0) is 24.2 Å². The first-order chi connectivity index (χ1) is 6.72. The summed E-state index contributed by atoms with van der Waals surface area (Å²) in [5.74, 6) is -0.109. The van der Waals surface area contributed by atoms with Crippen molar-refractivity contribution in [2.45, 2.75) is 47.5 Å². The Morgan fingerprint density at radius 3 is 2.27 bits per heavy atom. The van der Waals surface area contributed by atoms with Crippen LogP contribution < -0.4 is 0 Å². The summed E-state index contributed by atoms with van der Waals surface area (Å²) in [6.45, 7) is 14.6. The highest BCUT2D eigenvalue weighted by Gasteiger charge is 2.29. The van der Waals surface area contributed by atoms with Gasteiger partial charge in [0.2, 0.25) is 0 Å². The van der Waals surface area contributed by atoms with Crippen LogP contribution in [0.2, 0.25) is 0 Å². The van der Waals surface area contributed by atoms with Crippen molar-refractivity contribution in [1.29, 1.82) is 0 Å². The summed E-state index contributed by atoms with van der Waals surface area (Å²) in [7, 11) is 0. The van der Waals surface area contributed by atoms with Crippen molar-refractivity contribution in [1.82, 2.24) is 0 Å². The number of carbonyl (C=O) groups excluding carboxylic acids is 1. The maximum absolute atomic E-state index is 11.4. The smallest absolute Gasteiger partial charge is 0.306 e. The Kier molecular flexibility index (Phi) is 5.06. The zero-order valence-corrected chi connectivity index (χ0v) is 10.7. The maximum Gasteiger partial charge on any atom is 0.306 e. The fraction of sp³-hybridized carbons (Fsp3) is 0.769. The zero-order chi connectivity index (χ0) is 12.1. The molecule has 2 nitrogen and oxygen atoms in total. The third-order valence-corrected chi connectivity index (χ3v) is 2.41. The maximum atomic E-state index is 11.4. The van der Waals surface area contributed by atoms with Gasteiger partial charge in [0.1, 0.15) is 0 Å². The van der Waals surface area contributed by atoms with Crippen LogP contribution in [0.5, 0.6) is 0 Å². The number of allylic oxidation sites excluding steroid dienone is 1. The van der Waals surface area contributed by atoms with E-state index in [0.717, 1.165) is 6.42 Å². The molecule has 0 unspecified atom stereocenters. The molecular weight excluding hydrogens is 188 g/mol. The van der Waals surface area contributed by atoms with Crippen molar-refractivity contribution in [3.63, 3.8) is 0 Å². The van der Waals surface area contributed by atoms with E-state index in [9.17, 15) is 4.79 Å². The van der Waals surface area contributed by atoms with Crippen LogP contribution in [0.4, 0.5) is 0 Å². The summed E-state index contributed by atoms with van der Waals surface area (Å²) in [5, 5.41) is 0. The molecule has 0 saturated heterocycles. The van der Waals surface area contributed by atoms with Gasteiger partial charge < -0.3 is 4.74 Å². The molecule has 0 N–H and O–H groups in total. The second-order valence-corrected chi connectivity index (χ2v) is 5.52. The fourth-order valence-electron chi connectivity index (χ4n) is 1.97. The lowest BCUT2D eigenvalue weighted by atomic mass is 9.73. The first kappa shape index (κ1) is 14.2. The summed E-state index contributed by atoms with van der Waals surface area (Å²) in [5.41, 5.74) is 0.0277. The van der Waals surface area contributed by atoms with E-state index in [4.69, 9.17) is 4.74 Å². The number of carbonyl (C=O) groups is 1. The van der Waals surface area contributed by atoms with Crippen LogP contribution in [0.15, 0.2) is 12.7 Å². The van der Waals surface area contributed by atoms with Crippen LogP contribution >= 0.6 is 0 Å². The molecule has 0 atom stereocenters. The number of rotatable bonds is 6. The Labute approximate surface area is 93.7 Å². The molecule has 0 spiro atoms. The quantitative estimate of drug-likeness (QED) is 0.497. The molecule has 0 rings (SSSR count). The Bertz CT molecular complexity index is 227. The number of hydrogen-bond acceptors (Lipinski definition) is 2. The second kappa shape index (κ2) is 5.34. The summed E-state index contributed by atoms with van der Waals surface area (Å²) in [6, 6.07) is 0. The lowest BCUT2D eigenvalue weighted by molar-refractivity contribution is -0.145. The van der Waals surface area contributed by atoms with Gasteiger partial charge in [0, 0.05) is 0 Å². The molecule has 0 aromatic heterocycles. The Balaban J connectivity index is 4.30. The predicted molar refractivity (Wildman–Crippen MR) is 63.6 cm³/mol. The first-order valence-corrected chi connectivity index (χ1v) is 5.52. The van der Waals surface area contributed by atoms with E-state index in [-0.39, 0.29) is 16.8 Å². The minimum absolute atomic E-state index is 0.0378. The van der Waals surface area contributed by atoms with Gasteiger partial charge >= 0.3 is 5.97 Å². The molecule has 15 heavy (non-hydrogen) atoms. The average Bonchev–Trinajstić information content (AvgIpc) is 2.01. The minimum Gasteiger partial charge on any atom is -0.466 e. The lowest BCUT2D eigenvalue weighted by Crippen LogP contribution is -2.25. The number of ether oxygens (including phenoxy) is 1. The van der Waals surface area contributed by atoms with Gasteiger partial charge in [-0.25, -0.2) is 0 Å². The van der Waals surface area contributed by atoms with Crippen LogP contribution in [0.25, 0.3) is 0 Å². The summed E-state index contributed by atoms with van der Waals surface area (Å²) in [4.78, 5) is 11.4. The van der Waals surface area contributed by atoms with Crippen molar-refractivity contribution in [2.75, 3.05) is 6.61 Å². The van der Waals surface area contributed by atoms with E-state index in [0.29, 0.717) is 13.0 Å². The van der Waals surface area contributed by atoms with Crippen molar-refractivity contribution in [3.8, 4) is 0 Å². The van der Waals surface area contributed by atoms with Crippen LogP contribution in [0.1, 0.15) is 47.5 Å². The van der Waals surface area contributed by atoms with Gasteiger partial charge in [-0.3, -0.25) is 4.79 Å². The first-order valence-electron chi connectivity index (χ1n) is 5.52. The third-order valence-electron chi connectivity index (χ3n) is 2.41. The van der Waals surface area contributed by atoms with E-state index in [1.807, 2.05) is 13.0 Å². The molecule has 0 aromatic carbocycles. The topological polar surface area (TPSA) is 26.3 Å². The van der Waals surface area contributed by atoms with E-state index < -0.39 is 0 Å². The molecular formula is C13H24O2. The molecule has 2 heteroatoms. The Hall–Kier alpha value is -0.790. The lowest BCUT2D eigenvalue weighted by Gasteiger charge is -2.32. The summed E-state index contributed by atoms with van der Waals surface area (Å²) >= 11 is 0. The molecule has 0 aliphatic heterocycles. The predicted octanol–water partition coefficient (Wildman–Crippen LogP) is 3.57. The molecule has 0 aliphatic rings. The monoisotopic (exact) mass is 212 g/mol. The van der Waals surface area contributed by atoms with Gasteiger partial charge in [0.25, 0.3) is 0 Å². The largest absolute Gasteiger partial charge is 0.466 e. The van der Waals surface area contributed by atoms with Crippen molar-refractivity contribution >= 4 is 5.97 Å². The van der Waals surface area contributed by atoms with E-state index in [1.165, 1.54) is 0 Å². The molecule has 0 amide bonds. The van der Waals surface area contributed by atoms with Gasteiger partial charge in [-0.2, -0.15) is 0 Å². The van der Waals surface area contributed by atoms with E-state index >= 15 is 0 Å². The Morgan fingerprint density at radius 1 is 1.33 bits per heavy atom. The molecule has 0 fully saturated rings. The number of esters is 1. The van der Waals surface area contributed by atoms with Crippen LogP contribution in [0, 0.1) is 10.8 Å². The average molecular weight is 212 g/mol. The van der Waals surface area contributed by atoms with E-state index in [1.54, 1.807) is 0 Å². The molecule has 0 heterocycles. The molecule has 0 radical (unpaired) electrons. The van der Waals surface area contributed by atoms with Gasteiger partial charge in [0.15, 0.2) is 0 Å². The molecule has 0 aliphatic carbocycles. The number of hydrogen-bond donors (Lipinski definition) is 0. The van der Waals surface area contributed by atoms with Crippen molar-refractivity contribution < 1.29 is 9.53 Å². The molecule has 0 saturated carbocycles. The Morgan fingerprint density at radius 2 is 1.87 bits per heavy atom. The van der Waals surface area contributed by atoms with Gasteiger partial charge in [-0.1, -0.05) is 33.8 Å². The molecule has 0 bridgehead atoms. The fourth-order valence-corrected chi connectivity index (χ4v) is 1.97. The van der Waals surface area contributed by atoms with Crippen molar-refractivity contribution in [2.24, 2.45) is 10.8 Å².